The Morgan fingerprint density at radius 1 is 1.17 bits per heavy atom. The Kier molecular flexibility index (Phi) is 5.51. The van der Waals surface area contributed by atoms with Crippen molar-refractivity contribution in [3.8, 4) is 0 Å². The minimum Gasteiger partial charge on any atom is -0.378 e. The van der Waals surface area contributed by atoms with Crippen molar-refractivity contribution in [1.29, 1.82) is 0 Å². The highest BCUT2D eigenvalue weighted by Crippen LogP contribution is 2.15. The van der Waals surface area contributed by atoms with Gasteiger partial charge in [-0.1, -0.05) is 19.1 Å². The van der Waals surface area contributed by atoms with Crippen LogP contribution < -0.4 is 15.5 Å². The third-order valence-electron chi connectivity index (χ3n) is 3.29. The summed E-state index contributed by atoms with van der Waals surface area (Å²) in [4.78, 5) is 25.6. The van der Waals surface area contributed by atoms with E-state index in [2.05, 4.69) is 20.9 Å². The lowest BCUT2D eigenvalue weighted by Crippen LogP contribution is -2.19. The van der Waals surface area contributed by atoms with E-state index in [0.717, 1.165) is 5.69 Å². The lowest BCUT2D eigenvalue weighted by molar-refractivity contribution is -0.119. The first-order valence-corrected chi connectivity index (χ1v) is 7.63. The van der Waals surface area contributed by atoms with Crippen molar-refractivity contribution in [2.24, 2.45) is 5.92 Å². The monoisotopic (exact) mass is 330 g/mol. The maximum Gasteiger partial charge on any atom is 0.246 e. The molecule has 0 radical (unpaired) electrons. The molecular formula is C16H22N6O2. The fourth-order valence-corrected chi connectivity index (χ4v) is 1.89. The van der Waals surface area contributed by atoms with Crippen LogP contribution in [0.3, 0.4) is 0 Å². The number of nitrogens with zero attached hydrogens (tertiary/aromatic N) is 4. The molecule has 2 N–H and O–H groups in total. The van der Waals surface area contributed by atoms with Gasteiger partial charge in [-0.05, 0) is 24.3 Å². The number of amides is 2. The van der Waals surface area contributed by atoms with Gasteiger partial charge in [0, 0.05) is 31.4 Å². The normalized spacial score (nSPS) is 10.5. The van der Waals surface area contributed by atoms with Gasteiger partial charge in [0.15, 0.2) is 5.82 Å². The van der Waals surface area contributed by atoms with Gasteiger partial charge in [-0.25, -0.2) is 4.68 Å². The second-order valence-corrected chi connectivity index (χ2v) is 5.93. The highest BCUT2D eigenvalue weighted by Gasteiger charge is 2.11. The van der Waals surface area contributed by atoms with Crippen molar-refractivity contribution in [2.75, 3.05) is 29.6 Å². The molecular weight excluding hydrogens is 308 g/mol. The summed E-state index contributed by atoms with van der Waals surface area (Å²) in [5, 5.41) is 13.1. The van der Waals surface area contributed by atoms with Crippen LogP contribution in [0.25, 0.3) is 0 Å². The molecule has 24 heavy (non-hydrogen) atoms. The number of hydrogen-bond donors (Lipinski definition) is 2. The lowest BCUT2D eigenvalue weighted by atomic mass is 10.2. The van der Waals surface area contributed by atoms with Gasteiger partial charge in [-0.2, -0.15) is 0 Å². The number of rotatable bonds is 6. The Morgan fingerprint density at radius 2 is 1.83 bits per heavy atom. The largest absolute Gasteiger partial charge is 0.378 e. The molecule has 0 aliphatic carbocycles. The quantitative estimate of drug-likeness (QED) is 0.839. The summed E-state index contributed by atoms with van der Waals surface area (Å²) >= 11 is 0. The molecule has 0 spiro atoms. The number of hydrogen-bond acceptors (Lipinski definition) is 5. The van der Waals surface area contributed by atoms with Gasteiger partial charge in [0.1, 0.15) is 6.54 Å². The fourth-order valence-electron chi connectivity index (χ4n) is 1.89. The summed E-state index contributed by atoms with van der Waals surface area (Å²) in [5.74, 6) is -0.188. The Hall–Kier alpha value is -2.90. The summed E-state index contributed by atoms with van der Waals surface area (Å²) in [6, 6.07) is 7.51. The second kappa shape index (κ2) is 7.58. The standard InChI is InChI=1S/C16H22N6O2/c1-11(2)16(24)18-14-9-22(20-19-14)10-15(23)17-12-5-7-13(8-6-12)21(3)4/h5-9,11H,10H2,1-4H3,(H,17,23)(H,18,24). The van der Waals surface area contributed by atoms with Crippen molar-refractivity contribution in [3.63, 3.8) is 0 Å². The van der Waals surface area contributed by atoms with Crippen LogP contribution in [-0.2, 0) is 16.1 Å². The van der Waals surface area contributed by atoms with Crippen molar-refractivity contribution in [3.05, 3.63) is 30.5 Å². The maximum atomic E-state index is 12.0. The average molecular weight is 330 g/mol. The molecule has 0 fully saturated rings. The van der Waals surface area contributed by atoms with Crippen LogP contribution in [0.1, 0.15) is 13.8 Å². The van der Waals surface area contributed by atoms with E-state index in [9.17, 15) is 9.59 Å². The molecule has 1 aromatic carbocycles. The Morgan fingerprint density at radius 3 is 2.42 bits per heavy atom. The number of nitrogens with one attached hydrogen (secondary N) is 2. The van der Waals surface area contributed by atoms with Crippen molar-refractivity contribution < 1.29 is 9.59 Å². The van der Waals surface area contributed by atoms with Crippen molar-refractivity contribution in [1.82, 2.24) is 15.0 Å². The van der Waals surface area contributed by atoms with E-state index in [4.69, 9.17) is 0 Å². The predicted molar refractivity (Wildman–Crippen MR) is 92.9 cm³/mol. The number of anilines is 3. The van der Waals surface area contributed by atoms with Crippen LogP contribution in [-0.4, -0.2) is 40.9 Å². The highest BCUT2D eigenvalue weighted by atomic mass is 16.2. The Labute approximate surface area is 140 Å². The number of benzene rings is 1. The average Bonchev–Trinajstić information content (AvgIpc) is 2.94. The van der Waals surface area contributed by atoms with Crippen molar-refractivity contribution in [2.45, 2.75) is 20.4 Å². The summed E-state index contributed by atoms with van der Waals surface area (Å²) in [6.45, 7) is 3.59. The minimum atomic E-state index is -0.223. The van der Waals surface area contributed by atoms with Crippen LogP contribution in [0.4, 0.5) is 17.2 Å². The molecule has 0 unspecified atom stereocenters. The minimum absolute atomic E-state index is 0.0139. The molecule has 0 aliphatic heterocycles. The van der Waals surface area contributed by atoms with Crippen molar-refractivity contribution >= 4 is 29.0 Å². The van der Waals surface area contributed by atoms with E-state index in [1.54, 1.807) is 13.8 Å². The SMILES string of the molecule is CC(C)C(=O)Nc1cn(CC(=O)Nc2ccc(N(C)C)cc2)nn1. The van der Waals surface area contributed by atoms with Gasteiger partial charge in [0.05, 0.1) is 6.20 Å². The number of carbonyl (C=O) groups excluding carboxylic acids is 2. The molecule has 0 atom stereocenters. The van der Waals surface area contributed by atoms with Crippen LogP contribution in [0, 0.1) is 5.92 Å². The number of aromatic nitrogens is 3. The third-order valence-corrected chi connectivity index (χ3v) is 3.29. The van der Waals surface area contributed by atoms with E-state index in [0.29, 0.717) is 11.5 Å². The van der Waals surface area contributed by atoms with Gasteiger partial charge in [0.25, 0.3) is 0 Å². The van der Waals surface area contributed by atoms with Gasteiger partial charge >= 0.3 is 0 Å². The predicted octanol–water partition coefficient (Wildman–Crippen LogP) is 1.58. The molecule has 0 saturated carbocycles. The highest BCUT2D eigenvalue weighted by molar-refractivity contribution is 5.91. The molecule has 0 bridgehead atoms. The van der Waals surface area contributed by atoms with Gasteiger partial charge in [0.2, 0.25) is 11.8 Å². The molecule has 0 aliphatic rings. The number of carbonyl (C=O) groups is 2. The molecule has 2 aromatic rings. The topological polar surface area (TPSA) is 92.2 Å². The van der Waals surface area contributed by atoms with Crippen LogP contribution in [0.5, 0.6) is 0 Å². The molecule has 0 saturated heterocycles. The first-order chi connectivity index (χ1) is 11.3. The molecule has 1 aromatic heterocycles. The second-order valence-electron chi connectivity index (χ2n) is 5.93. The van der Waals surface area contributed by atoms with Gasteiger partial charge < -0.3 is 15.5 Å². The van der Waals surface area contributed by atoms with E-state index in [-0.39, 0.29) is 24.3 Å². The van der Waals surface area contributed by atoms with Gasteiger partial charge in [-0.15, -0.1) is 5.10 Å². The zero-order valence-corrected chi connectivity index (χ0v) is 14.3. The van der Waals surface area contributed by atoms with Crippen LogP contribution >= 0.6 is 0 Å². The molecule has 2 rings (SSSR count). The summed E-state index contributed by atoms with van der Waals surface area (Å²) in [7, 11) is 3.90. The maximum absolute atomic E-state index is 12.0. The smallest absolute Gasteiger partial charge is 0.246 e. The zero-order valence-electron chi connectivity index (χ0n) is 14.3. The molecule has 8 heteroatoms. The van der Waals surface area contributed by atoms with Crippen LogP contribution in [0.15, 0.2) is 30.5 Å². The van der Waals surface area contributed by atoms with E-state index in [1.807, 2.05) is 43.3 Å². The first-order valence-electron chi connectivity index (χ1n) is 7.63. The summed E-state index contributed by atoms with van der Waals surface area (Å²) in [6.07, 6.45) is 1.52. The molecule has 128 valence electrons. The van der Waals surface area contributed by atoms with Gasteiger partial charge in [-0.3, -0.25) is 9.59 Å². The first kappa shape index (κ1) is 17.5. The summed E-state index contributed by atoms with van der Waals surface area (Å²) < 4.78 is 1.37. The molecule has 8 nitrogen and oxygen atoms in total. The van der Waals surface area contributed by atoms with E-state index in [1.165, 1.54) is 10.9 Å². The van der Waals surface area contributed by atoms with Crippen LogP contribution in [0.2, 0.25) is 0 Å². The Bertz CT molecular complexity index is 706. The molecule has 2 amide bonds. The molecule has 1 heterocycles. The third kappa shape index (κ3) is 4.80. The lowest BCUT2D eigenvalue weighted by Gasteiger charge is -2.13. The Balaban J connectivity index is 1.90. The summed E-state index contributed by atoms with van der Waals surface area (Å²) in [5.41, 5.74) is 1.76. The van der Waals surface area contributed by atoms with E-state index >= 15 is 0 Å². The zero-order chi connectivity index (χ0) is 17.7. The van der Waals surface area contributed by atoms with E-state index < -0.39 is 0 Å². The fraction of sp³-hybridized carbons (Fsp3) is 0.375.